The lowest BCUT2D eigenvalue weighted by atomic mass is 9.84. The van der Waals surface area contributed by atoms with Crippen LogP contribution in [-0.4, -0.2) is 617 Å². The molecule has 18 rings (SSSR count). The highest BCUT2D eigenvalue weighted by atomic mass is 32.1. The topological polar surface area (TPSA) is 887 Å². The van der Waals surface area contributed by atoms with Crippen LogP contribution < -0.4 is 31.9 Å². The van der Waals surface area contributed by atoms with Gasteiger partial charge in [-0.3, -0.25) is 4.90 Å². The molecule has 37 N–H and O–H groups in total. The molecule has 18 aliphatic rings. The smallest absolute Gasteiger partial charge is 0.187 e. The van der Waals surface area contributed by atoms with E-state index in [0.717, 1.165) is 0 Å². The monoisotopic (exact) mass is 2120 g/mol. The van der Waals surface area contributed by atoms with Crippen molar-refractivity contribution in [2.45, 2.75) is 339 Å². The molecule has 18 heterocycles. The molecule has 61 heteroatoms. The van der Waals surface area contributed by atoms with Crippen molar-refractivity contribution in [2.24, 2.45) is 11.8 Å². The zero-order valence-electron chi connectivity index (χ0n) is 76.7. The van der Waals surface area contributed by atoms with Crippen molar-refractivity contribution in [1.82, 2.24) is 36.8 Å². The van der Waals surface area contributed by atoms with E-state index in [0.29, 0.717) is 25.7 Å². The minimum Gasteiger partial charge on any atom is -0.394 e. The van der Waals surface area contributed by atoms with Gasteiger partial charge in [0, 0.05) is 77.4 Å². The van der Waals surface area contributed by atoms with Gasteiger partial charge < -0.3 is 285 Å². The molecular formula is C81H141N7O51S3. The Labute approximate surface area is 827 Å². The van der Waals surface area contributed by atoms with Crippen LogP contribution in [0.4, 0.5) is 0 Å². The van der Waals surface area contributed by atoms with Crippen molar-refractivity contribution in [3.05, 3.63) is 0 Å². The molecule has 0 radical (unpaired) electrons. The van der Waals surface area contributed by atoms with Crippen LogP contribution in [0.2, 0.25) is 0 Å². The number of hydrogen-bond acceptors (Lipinski definition) is 55. The Hall–Kier alpha value is -3.01. The largest absolute Gasteiger partial charge is 0.394 e. The SMILES string of the molecule is OCC1O[C@@H]2OCCCCC3C(CNC(=S)NCCN(CCNC(=S)NCC4O[C@@H]5OC6C(CO)O[C@H](OCCCCC4[C@H](O)C5O)C(O)[C@H]6O)CCNC(=S)NC(CO[C@@H]4OC(CO)[C@@H](O[C@@H]5OC(CO)[C@H](O)[C@H](O)C5O)[C@H](O)C4O)(CO[C@@H]4OC(CO)[C@@H](O[C@@H]5OC(CO)[C@H](O)[C@H](O)C5O)[C@H](O)C4O)CO[C@@H]4OC(CO)[C@@H](O[C@@H]5OC(CO)[C@H](O)[C@H](O)C5O)[C@H](O)C4O)O[C@H](OC1[C@H](O)C2O)C(O)[C@H]3O. The number of nitrogens with zero attached hydrogens (tertiary/aromatic N) is 1. The van der Waals surface area contributed by atoms with E-state index in [4.69, 9.17) is 131 Å². The molecule has 0 saturated carbocycles. The summed E-state index contributed by atoms with van der Waals surface area (Å²) in [6.45, 7) is -11.3. The number of rotatable bonds is 37. The van der Waals surface area contributed by atoms with E-state index in [-0.39, 0.29) is 88.6 Å². The number of hydrogen-bond donors (Lipinski definition) is 37. The Morgan fingerprint density at radius 2 is 0.549 bits per heavy atom. The molecule has 18 aliphatic heterocycles. The lowest BCUT2D eigenvalue weighted by Crippen LogP contribution is -2.67. The standard InChI is InChI=1S/C81H141N7O51S3/c89-17-32-42(99)45(102)55(112)75(127-32)137-65-37(22-94)132-70(60(117)50(65)107)122-25-81(26-123-71-61(118)51(108)66(38(23-95)133-71)138-76-56(113)46(103)43(100)33(18-90)128-76,27-124-72-62(119)52(109)67(39(24-96)134-72)139-77-57(114)47(104)44(101)34(19-91)129-77)87-80(142)84-9-12-88(10-7-82-78(140)85-15-30-28-5-1-3-13-120-68-58(115)48(105)63(35(20-92)130-68)135-73(125-30)53(110)40(28)97)11-8-83-79(141)86-16-31-29-6-2-4-14-121-69-59(116)49(106)64(36(21-93)131-69)136-74(126-31)54(111)41(29)98/h28-77,89-119H,1-27H2,(H2,82,85,140)(H2,83,86,141)(H2,84,87,142)/t28?,29?,30?,31?,32?,33?,34?,35?,36?,37?,38?,39?,40-,41-,42-,43-,44-,45-,46-,47-,48+,49+,50+,51+,52+,53?,54?,55?,56?,57?,58?,59?,60?,61?,62?,63?,64?,65+,66+,67+,68-,69-,70+,71+,72+,73+,74+,75-,76-,77-,81?/m0/s1. The van der Waals surface area contributed by atoms with E-state index < -0.39 is 390 Å². The van der Waals surface area contributed by atoms with Gasteiger partial charge in [0.1, 0.15) is 213 Å². The zero-order valence-corrected chi connectivity index (χ0v) is 79.1. The fourth-order valence-corrected chi connectivity index (χ4v) is 19.5. The zero-order chi connectivity index (χ0) is 103. The molecule has 24 unspecified atom stereocenters. The quantitative estimate of drug-likeness (QED) is 0.0257. The fraction of sp³-hybridized carbons (Fsp3) is 0.963. The summed E-state index contributed by atoms with van der Waals surface area (Å²) in [5.41, 5.74) is -2.42. The molecule has 8 bridgehead atoms. The van der Waals surface area contributed by atoms with Crippen molar-refractivity contribution in [1.29, 1.82) is 0 Å². The van der Waals surface area contributed by atoms with Crippen LogP contribution in [0.1, 0.15) is 38.5 Å². The molecule has 0 amide bonds. The van der Waals surface area contributed by atoms with Gasteiger partial charge in [0.25, 0.3) is 0 Å². The van der Waals surface area contributed by atoms with Gasteiger partial charge in [-0.15, -0.1) is 0 Å². The Bertz CT molecular complexity index is 3480. The predicted octanol–water partition coefficient (Wildman–Crippen LogP) is -21.5. The molecule has 0 aromatic rings. The van der Waals surface area contributed by atoms with Crippen LogP contribution in [0.3, 0.4) is 0 Å². The molecule has 142 heavy (non-hydrogen) atoms. The molecule has 0 aromatic heterocycles. The third-order valence-electron chi connectivity index (χ3n) is 27.3. The highest BCUT2D eigenvalue weighted by molar-refractivity contribution is 7.80. The lowest BCUT2D eigenvalue weighted by molar-refractivity contribution is -0.367. The lowest BCUT2D eigenvalue weighted by Gasteiger charge is -2.48. The number of aliphatic hydroxyl groups excluding tert-OH is 31. The Morgan fingerprint density at radius 1 is 0.268 bits per heavy atom. The van der Waals surface area contributed by atoms with E-state index >= 15 is 0 Å². The third-order valence-corrected chi connectivity index (χ3v) is 28.1. The predicted molar refractivity (Wildman–Crippen MR) is 470 cm³/mol. The second-order valence-electron chi connectivity index (χ2n) is 36.9. The molecule has 50 atom stereocenters. The highest BCUT2D eigenvalue weighted by Gasteiger charge is 2.60. The molecule has 0 aliphatic carbocycles. The minimum absolute atomic E-state index is 0.0109. The molecule has 0 aromatic carbocycles. The number of thiocarbonyl (C=S) groups is 3. The first-order valence-corrected chi connectivity index (χ1v) is 48.3. The van der Waals surface area contributed by atoms with E-state index in [2.05, 4.69) is 31.9 Å². The first-order valence-electron chi connectivity index (χ1n) is 47.0. The van der Waals surface area contributed by atoms with Gasteiger partial charge in [0.15, 0.2) is 78.2 Å². The van der Waals surface area contributed by atoms with E-state index in [1.54, 1.807) is 0 Å². The van der Waals surface area contributed by atoms with E-state index in [9.17, 15) is 158 Å². The maximum absolute atomic E-state index is 12.0. The van der Waals surface area contributed by atoms with Gasteiger partial charge in [0.2, 0.25) is 0 Å². The van der Waals surface area contributed by atoms with Crippen LogP contribution in [0, 0.1) is 11.8 Å². The first kappa shape index (κ1) is 118. The van der Waals surface area contributed by atoms with Crippen molar-refractivity contribution < 1.29 is 253 Å². The second-order valence-corrected chi connectivity index (χ2v) is 38.2. The minimum atomic E-state index is -2.42. The van der Waals surface area contributed by atoms with Crippen LogP contribution in [0.25, 0.3) is 0 Å². The van der Waals surface area contributed by atoms with Crippen molar-refractivity contribution in [2.75, 3.05) is 138 Å². The highest BCUT2D eigenvalue weighted by Crippen LogP contribution is 2.41. The normalized spacial score (nSPS) is 46.1. The van der Waals surface area contributed by atoms with Crippen LogP contribution in [-0.2, 0) is 94.7 Å². The van der Waals surface area contributed by atoms with Gasteiger partial charge in [-0.1, -0.05) is 12.8 Å². The molecule has 58 nitrogen and oxygen atoms in total. The first-order chi connectivity index (χ1) is 67.8. The average Bonchev–Trinajstić information content (AvgIpc) is 0.792. The molecule has 18 fully saturated rings. The van der Waals surface area contributed by atoms with E-state index in [1.807, 2.05) is 4.90 Å². The summed E-state index contributed by atoms with van der Waals surface area (Å²) in [5.74, 6) is -1.54. The summed E-state index contributed by atoms with van der Waals surface area (Å²) in [6, 6.07) is 0. The number of nitrogens with one attached hydrogen (secondary N) is 6. The Kier molecular flexibility index (Phi) is 45.1. The molecule has 824 valence electrons. The van der Waals surface area contributed by atoms with Gasteiger partial charge in [-0.25, -0.2) is 0 Å². The summed E-state index contributed by atoms with van der Waals surface area (Å²) < 4.78 is 118. The molecule has 18 saturated heterocycles. The Morgan fingerprint density at radius 3 is 0.859 bits per heavy atom. The maximum atomic E-state index is 12.0. The summed E-state index contributed by atoms with van der Waals surface area (Å²) in [7, 11) is 0. The summed E-state index contributed by atoms with van der Waals surface area (Å²) in [6.07, 6.45) is -85.0. The van der Waals surface area contributed by atoms with Gasteiger partial charge in [0.05, 0.1) is 97.1 Å². The van der Waals surface area contributed by atoms with E-state index in [1.165, 1.54) is 0 Å². The summed E-state index contributed by atoms with van der Waals surface area (Å²) in [5, 5.41) is 360. The van der Waals surface area contributed by atoms with Crippen molar-refractivity contribution in [3.63, 3.8) is 0 Å². The van der Waals surface area contributed by atoms with Gasteiger partial charge in [-0.2, -0.15) is 0 Å². The van der Waals surface area contributed by atoms with Crippen LogP contribution in [0.5, 0.6) is 0 Å². The third kappa shape index (κ3) is 28.2. The van der Waals surface area contributed by atoms with Crippen molar-refractivity contribution in [3.8, 4) is 0 Å². The van der Waals surface area contributed by atoms with Gasteiger partial charge >= 0.3 is 0 Å². The second kappa shape index (κ2) is 54.5. The van der Waals surface area contributed by atoms with Crippen molar-refractivity contribution >= 4 is 52.0 Å². The fourth-order valence-electron chi connectivity index (χ4n) is 18.9. The summed E-state index contributed by atoms with van der Waals surface area (Å²) in [4.78, 5) is 1.82. The number of aliphatic hydroxyl groups is 31. The van der Waals surface area contributed by atoms with Crippen LogP contribution in [0.15, 0.2) is 0 Å². The van der Waals surface area contributed by atoms with Gasteiger partial charge in [-0.05, 0) is 62.3 Å². The Balaban J connectivity index is 0.813. The average molecular weight is 2130 g/mol. The maximum Gasteiger partial charge on any atom is 0.187 e. The number of ether oxygens (including phenoxy) is 20. The molecule has 0 spiro atoms. The summed E-state index contributed by atoms with van der Waals surface area (Å²) >= 11 is 17.7. The van der Waals surface area contributed by atoms with Crippen LogP contribution >= 0.6 is 36.7 Å². The molecular weight excluding hydrogens is 1980 g/mol.